The Morgan fingerprint density at radius 2 is 1.92 bits per heavy atom. The molecule has 2 aromatic rings. The third-order valence-corrected chi connectivity index (χ3v) is 7.15. The average Bonchev–Trinajstić information content (AvgIpc) is 3.73. The summed E-state index contributed by atoms with van der Waals surface area (Å²) in [5.41, 5.74) is 2.15. The SMILES string of the molecule is CC(NC(=O)Oc1ccc2c(c1)N(C(=O)CNC1CCCCC1)CC(=O)N2C1CC1)c1cccnc1. The lowest BCUT2D eigenvalue weighted by Crippen LogP contribution is -2.51. The molecule has 36 heavy (non-hydrogen) atoms. The first-order valence-electron chi connectivity index (χ1n) is 12.9. The Kier molecular flexibility index (Phi) is 7.18. The summed E-state index contributed by atoms with van der Waals surface area (Å²) in [6, 6.07) is 9.04. The van der Waals surface area contributed by atoms with E-state index in [0.29, 0.717) is 23.2 Å². The van der Waals surface area contributed by atoms with Crippen molar-refractivity contribution in [2.45, 2.75) is 70.0 Å². The van der Waals surface area contributed by atoms with E-state index in [4.69, 9.17) is 4.74 Å². The van der Waals surface area contributed by atoms with E-state index in [-0.39, 0.29) is 37.0 Å². The second-order valence-corrected chi connectivity index (χ2v) is 9.88. The third-order valence-electron chi connectivity index (χ3n) is 7.15. The summed E-state index contributed by atoms with van der Waals surface area (Å²) < 4.78 is 5.57. The maximum absolute atomic E-state index is 13.2. The maximum Gasteiger partial charge on any atom is 0.413 e. The molecule has 2 N–H and O–H groups in total. The Bertz CT molecular complexity index is 1110. The molecule has 0 saturated heterocycles. The number of carbonyl (C=O) groups excluding carboxylic acids is 3. The normalized spacial score (nSPS) is 19.0. The number of nitrogens with one attached hydrogen (secondary N) is 2. The zero-order valence-corrected chi connectivity index (χ0v) is 20.6. The first kappa shape index (κ1) is 24.2. The minimum absolute atomic E-state index is 0.0115. The first-order valence-corrected chi connectivity index (χ1v) is 12.9. The Hall–Kier alpha value is -3.46. The van der Waals surface area contributed by atoms with Crippen LogP contribution in [0.4, 0.5) is 16.2 Å². The maximum atomic E-state index is 13.2. The van der Waals surface area contributed by atoms with Gasteiger partial charge in [-0.25, -0.2) is 4.79 Å². The van der Waals surface area contributed by atoms with E-state index in [0.717, 1.165) is 31.2 Å². The van der Waals surface area contributed by atoms with E-state index in [1.165, 1.54) is 24.2 Å². The molecule has 0 spiro atoms. The number of pyridine rings is 1. The molecule has 2 saturated carbocycles. The van der Waals surface area contributed by atoms with Crippen molar-refractivity contribution in [1.82, 2.24) is 15.6 Å². The highest BCUT2D eigenvalue weighted by Gasteiger charge is 2.40. The second kappa shape index (κ2) is 10.7. The molecule has 1 aromatic carbocycles. The Labute approximate surface area is 211 Å². The fraction of sp³-hybridized carbons (Fsp3) is 0.481. The van der Waals surface area contributed by atoms with Gasteiger partial charge in [0.1, 0.15) is 12.3 Å². The number of aromatic nitrogens is 1. The molecule has 1 aliphatic heterocycles. The third kappa shape index (κ3) is 5.51. The van der Waals surface area contributed by atoms with E-state index < -0.39 is 6.09 Å². The lowest BCUT2D eigenvalue weighted by Gasteiger charge is -2.37. The Balaban J connectivity index is 1.31. The van der Waals surface area contributed by atoms with Gasteiger partial charge in [0.25, 0.3) is 0 Å². The molecule has 1 unspecified atom stereocenters. The summed E-state index contributed by atoms with van der Waals surface area (Å²) >= 11 is 0. The van der Waals surface area contributed by atoms with Crippen molar-refractivity contribution in [3.8, 4) is 5.75 Å². The molecule has 5 rings (SSSR count). The molecule has 2 fully saturated rings. The van der Waals surface area contributed by atoms with Crippen LogP contribution in [0.1, 0.15) is 63.5 Å². The number of hydrogen-bond acceptors (Lipinski definition) is 6. The molecule has 9 heteroatoms. The highest BCUT2D eigenvalue weighted by molar-refractivity contribution is 6.12. The van der Waals surface area contributed by atoms with Gasteiger partial charge in [-0.1, -0.05) is 25.3 Å². The van der Waals surface area contributed by atoms with Crippen LogP contribution < -0.4 is 25.2 Å². The summed E-state index contributed by atoms with van der Waals surface area (Å²) in [6.07, 6.45) is 10.4. The average molecular weight is 492 g/mol. The van der Waals surface area contributed by atoms with Gasteiger partial charge in [0.05, 0.1) is 24.0 Å². The van der Waals surface area contributed by atoms with Crippen LogP contribution >= 0.6 is 0 Å². The van der Waals surface area contributed by atoms with Crippen molar-refractivity contribution >= 4 is 29.3 Å². The van der Waals surface area contributed by atoms with Gasteiger partial charge in [-0.05, 0) is 56.4 Å². The van der Waals surface area contributed by atoms with Crippen LogP contribution in [0, 0.1) is 0 Å². The van der Waals surface area contributed by atoms with E-state index in [9.17, 15) is 14.4 Å². The topological polar surface area (TPSA) is 104 Å². The van der Waals surface area contributed by atoms with Gasteiger partial charge < -0.3 is 20.3 Å². The van der Waals surface area contributed by atoms with Gasteiger partial charge in [-0.2, -0.15) is 0 Å². The van der Waals surface area contributed by atoms with Crippen molar-refractivity contribution in [1.29, 1.82) is 0 Å². The fourth-order valence-electron chi connectivity index (χ4n) is 5.04. The van der Waals surface area contributed by atoms with Crippen molar-refractivity contribution in [3.05, 3.63) is 48.3 Å². The molecule has 9 nitrogen and oxygen atoms in total. The number of hydrogen-bond donors (Lipinski definition) is 2. The van der Waals surface area contributed by atoms with E-state index >= 15 is 0 Å². The Morgan fingerprint density at radius 1 is 1.11 bits per heavy atom. The highest BCUT2D eigenvalue weighted by atomic mass is 16.6. The molecule has 1 aromatic heterocycles. The number of benzene rings is 1. The summed E-state index contributed by atoms with van der Waals surface area (Å²) in [7, 11) is 0. The minimum atomic E-state index is -0.603. The van der Waals surface area contributed by atoms with Gasteiger partial charge in [0.2, 0.25) is 11.8 Å². The zero-order valence-electron chi connectivity index (χ0n) is 20.6. The van der Waals surface area contributed by atoms with Crippen LogP contribution in [0.3, 0.4) is 0 Å². The summed E-state index contributed by atoms with van der Waals surface area (Å²) in [5, 5.41) is 6.18. The molecule has 3 aliphatic rings. The van der Waals surface area contributed by atoms with Gasteiger partial charge in [0, 0.05) is 30.5 Å². The van der Waals surface area contributed by atoms with Crippen LogP contribution in [0.25, 0.3) is 0 Å². The first-order chi connectivity index (χ1) is 17.5. The highest BCUT2D eigenvalue weighted by Crippen LogP contribution is 2.42. The number of anilines is 2. The lowest BCUT2D eigenvalue weighted by atomic mass is 9.95. The zero-order chi connectivity index (χ0) is 25.1. The van der Waals surface area contributed by atoms with Crippen molar-refractivity contribution < 1.29 is 19.1 Å². The quantitative estimate of drug-likeness (QED) is 0.612. The van der Waals surface area contributed by atoms with Gasteiger partial charge >= 0.3 is 6.09 Å². The smallest absolute Gasteiger partial charge is 0.410 e. The number of amides is 3. The van der Waals surface area contributed by atoms with Gasteiger partial charge in [0.15, 0.2) is 0 Å². The predicted molar refractivity (Wildman–Crippen MR) is 136 cm³/mol. The minimum Gasteiger partial charge on any atom is -0.410 e. The monoisotopic (exact) mass is 491 g/mol. The number of ether oxygens (including phenoxy) is 1. The summed E-state index contributed by atoms with van der Waals surface area (Å²) in [5.74, 6) is 0.0814. The van der Waals surface area contributed by atoms with Crippen LogP contribution in [-0.4, -0.2) is 48.1 Å². The van der Waals surface area contributed by atoms with E-state index in [1.54, 1.807) is 35.5 Å². The van der Waals surface area contributed by atoms with Crippen LogP contribution in [-0.2, 0) is 9.59 Å². The van der Waals surface area contributed by atoms with Gasteiger partial charge in [-0.3, -0.25) is 19.5 Å². The molecular formula is C27H33N5O4. The lowest BCUT2D eigenvalue weighted by molar-refractivity contribution is -0.122. The number of nitrogens with zero attached hydrogens (tertiary/aromatic N) is 3. The molecule has 190 valence electrons. The molecule has 0 bridgehead atoms. The molecule has 0 radical (unpaired) electrons. The predicted octanol–water partition coefficient (Wildman–Crippen LogP) is 3.70. The fourth-order valence-corrected chi connectivity index (χ4v) is 5.04. The number of carbonyl (C=O) groups is 3. The molecular weight excluding hydrogens is 458 g/mol. The van der Waals surface area contributed by atoms with Crippen LogP contribution in [0.2, 0.25) is 0 Å². The van der Waals surface area contributed by atoms with Gasteiger partial charge in [-0.15, -0.1) is 0 Å². The van der Waals surface area contributed by atoms with Crippen LogP contribution in [0.5, 0.6) is 5.75 Å². The molecule has 3 amide bonds. The number of rotatable bonds is 7. The van der Waals surface area contributed by atoms with Crippen molar-refractivity contribution in [2.75, 3.05) is 22.9 Å². The molecule has 2 heterocycles. The summed E-state index contributed by atoms with van der Waals surface area (Å²) in [4.78, 5) is 46.2. The Morgan fingerprint density at radius 3 is 2.64 bits per heavy atom. The largest absolute Gasteiger partial charge is 0.413 e. The standard InChI is InChI=1S/C27H33N5O4/c1-18(19-6-5-13-28-15-19)30-27(35)36-22-11-12-23-24(14-22)31(17-26(34)32(23)21-9-10-21)25(33)16-29-20-7-3-2-4-8-20/h5-6,11-15,18,20-21,29H,2-4,7-10,16-17H2,1H3,(H,30,35). The van der Waals surface area contributed by atoms with Crippen LogP contribution in [0.15, 0.2) is 42.7 Å². The van der Waals surface area contributed by atoms with Crippen molar-refractivity contribution in [3.63, 3.8) is 0 Å². The molecule has 1 atom stereocenters. The molecule has 2 aliphatic carbocycles. The number of fused-ring (bicyclic) bond motifs is 1. The van der Waals surface area contributed by atoms with Crippen molar-refractivity contribution in [2.24, 2.45) is 0 Å². The second-order valence-electron chi connectivity index (χ2n) is 9.88. The van der Waals surface area contributed by atoms with E-state index in [1.807, 2.05) is 19.1 Å². The summed E-state index contributed by atoms with van der Waals surface area (Å²) in [6.45, 7) is 2.02. The van der Waals surface area contributed by atoms with E-state index in [2.05, 4.69) is 15.6 Å².